The summed E-state index contributed by atoms with van der Waals surface area (Å²) in [4.78, 5) is 31.2. The van der Waals surface area contributed by atoms with E-state index in [4.69, 9.17) is 21.1 Å². The molecule has 2 aromatic carbocycles. The zero-order valence-corrected chi connectivity index (χ0v) is 20.7. The molecule has 0 spiro atoms. The number of hydrogen-bond acceptors (Lipinski definition) is 6. The Kier molecular flexibility index (Phi) is 8.68. The number of hydrogen-bond donors (Lipinski definition) is 1. The van der Waals surface area contributed by atoms with Crippen molar-refractivity contribution in [2.24, 2.45) is 4.99 Å². The van der Waals surface area contributed by atoms with Gasteiger partial charge in [0.25, 0.3) is 0 Å². The zero-order valence-electron chi connectivity index (χ0n) is 19.1. The summed E-state index contributed by atoms with van der Waals surface area (Å²) in [6.07, 6.45) is -4.84. The topological polar surface area (TPSA) is 80.2 Å². The molecule has 1 aliphatic heterocycles. The third-order valence-electron chi connectivity index (χ3n) is 5.09. The fraction of sp³-hybridized carbons (Fsp3) is 0.348. The highest BCUT2D eigenvalue weighted by Gasteiger charge is 2.40. The summed E-state index contributed by atoms with van der Waals surface area (Å²) in [6.45, 7) is 1.99. The predicted molar refractivity (Wildman–Crippen MR) is 129 cm³/mol. The smallest absolute Gasteiger partial charge is 0.418 e. The normalized spacial score (nSPS) is 17.2. The zero-order chi connectivity index (χ0) is 25.8. The van der Waals surface area contributed by atoms with Crippen LogP contribution in [0, 0.1) is 6.92 Å². The van der Waals surface area contributed by atoms with Crippen LogP contribution in [0.25, 0.3) is 0 Å². The number of nitrogens with one attached hydrogen (secondary N) is 1. The second-order valence-electron chi connectivity index (χ2n) is 7.55. The molecule has 1 atom stereocenters. The third kappa shape index (κ3) is 6.47. The minimum absolute atomic E-state index is 0.0708. The molecule has 7 nitrogen and oxygen atoms in total. The monoisotopic (exact) mass is 529 g/mol. The number of methoxy groups -OCH3 is 2. The molecule has 0 unspecified atom stereocenters. The average molecular weight is 530 g/mol. The molecule has 2 amide bonds. The van der Waals surface area contributed by atoms with Gasteiger partial charge in [0, 0.05) is 24.6 Å². The summed E-state index contributed by atoms with van der Waals surface area (Å²) < 4.78 is 50.5. The number of alkyl halides is 3. The molecular weight excluding hydrogens is 507 g/mol. The van der Waals surface area contributed by atoms with Crippen LogP contribution in [0.1, 0.15) is 17.5 Å². The first-order chi connectivity index (χ1) is 16.5. The van der Waals surface area contributed by atoms with Gasteiger partial charge in [-0.2, -0.15) is 13.2 Å². The third-order valence-corrected chi connectivity index (χ3v) is 6.67. The Labute approximate surface area is 209 Å². The second-order valence-corrected chi connectivity index (χ2v) is 9.13. The number of nitrogens with zero attached hydrogens (tertiary/aromatic N) is 2. The lowest BCUT2D eigenvalue weighted by molar-refractivity contribution is -0.137. The van der Waals surface area contributed by atoms with Crippen LogP contribution in [-0.4, -0.2) is 54.5 Å². The molecule has 0 aromatic heterocycles. The van der Waals surface area contributed by atoms with E-state index in [1.54, 1.807) is 19.1 Å². The summed E-state index contributed by atoms with van der Waals surface area (Å²) in [5.41, 5.74) is -0.125. The van der Waals surface area contributed by atoms with Gasteiger partial charge in [-0.1, -0.05) is 35.5 Å². The quantitative estimate of drug-likeness (QED) is 0.503. The number of amidine groups is 1. The lowest BCUT2D eigenvalue weighted by Gasteiger charge is -2.17. The van der Waals surface area contributed by atoms with E-state index >= 15 is 0 Å². The number of benzene rings is 2. The number of rotatable bonds is 8. The first-order valence-corrected chi connectivity index (χ1v) is 11.7. The van der Waals surface area contributed by atoms with Crippen LogP contribution in [0.5, 0.6) is 5.75 Å². The van der Waals surface area contributed by atoms with Crippen LogP contribution in [0.2, 0.25) is 5.02 Å². The molecule has 1 saturated heterocycles. The average Bonchev–Trinajstić information content (AvgIpc) is 3.07. The van der Waals surface area contributed by atoms with E-state index in [1.807, 2.05) is 0 Å². The molecule has 0 saturated carbocycles. The summed E-state index contributed by atoms with van der Waals surface area (Å²) in [6, 6.07) is 8.06. The van der Waals surface area contributed by atoms with E-state index < -0.39 is 28.8 Å². The van der Waals surface area contributed by atoms with Crippen molar-refractivity contribution < 1.29 is 32.2 Å². The van der Waals surface area contributed by atoms with Crippen molar-refractivity contribution in [3.05, 3.63) is 52.5 Å². The molecule has 188 valence electrons. The van der Waals surface area contributed by atoms with Gasteiger partial charge in [0.2, 0.25) is 11.8 Å². The fourth-order valence-electron chi connectivity index (χ4n) is 3.33. The molecule has 1 aliphatic rings. The number of aryl methyl sites for hydroxylation is 1. The van der Waals surface area contributed by atoms with Crippen molar-refractivity contribution >= 4 is 51.7 Å². The summed E-state index contributed by atoms with van der Waals surface area (Å²) in [5.74, 6) is -0.559. The Morgan fingerprint density at radius 1 is 1.26 bits per heavy atom. The van der Waals surface area contributed by atoms with Crippen molar-refractivity contribution in [2.45, 2.75) is 24.8 Å². The molecule has 0 aliphatic carbocycles. The van der Waals surface area contributed by atoms with Crippen molar-refractivity contribution in [3.63, 3.8) is 0 Å². The van der Waals surface area contributed by atoms with Gasteiger partial charge in [-0.15, -0.1) is 0 Å². The van der Waals surface area contributed by atoms with Gasteiger partial charge in [-0.05, 0) is 30.7 Å². The molecule has 1 N–H and O–H groups in total. The Bertz CT molecular complexity index is 1140. The van der Waals surface area contributed by atoms with Crippen LogP contribution >= 0.6 is 23.4 Å². The number of thioether (sulfide) groups is 1. The first-order valence-electron chi connectivity index (χ1n) is 10.4. The second kappa shape index (κ2) is 11.3. The maximum atomic E-state index is 13.4. The van der Waals surface area contributed by atoms with Crippen LogP contribution in [0.15, 0.2) is 41.4 Å². The Hall–Kier alpha value is -2.76. The number of para-hydroxylation sites is 1. The molecule has 2 aromatic rings. The van der Waals surface area contributed by atoms with Gasteiger partial charge in [0.15, 0.2) is 5.17 Å². The van der Waals surface area contributed by atoms with E-state index in [0.29, 0.717) is 16.5 Å². The van der Waals surface area contributed by atoms with Gasteiger partial charge in [0.05, 0.1) is 37.2 Å². The molecule has 12 heteroatoms. The molecule has 35 heavy (non-hydrogen) atoms. The number of halogens is 4. The van der Waals surface area contributed by atoms with Gasteiger partial charge >= 0.3 is 6.18 Å². The van der Waals surface area contributed by atoms with Gasteiger partial charge in [-0.25, -0.2) is 4.99 Å². The van der Waals surface area contributed by atoms with E-state index in [0.717, 1.165) is 23.4 Å². The number of ether oxygens (including phenoxy) is 2. The predicted octanol–water partition coefficient (Wildman–Crippen LogP) is 5.28. The van der Waals surface area contributed by atoms with Crippen LogP contribution in [0.4, 0.5) is 24.5 Å². The maximum absolute atomic E-state index is 13.4. The van der Waals surface area contributed by atoms with Crippen molar-refractivity contribution in [1.82, 2.24) is 4.90 Å². The minimum atomic E-state index is -4.61. The number of carbonyl (C=O) groups excluding carboxylic acids is 2. The number of aliphatic imine (C=N–C) groups is 1. The summed E-state index contributed by atoms with van der Waals surface area (Å²) in [5, 5.41) is 2.37. The Balaban J connectivity index is 1.84. The van der Waals surface area contributed by atoms with Gasteiger partial charge in [0.1, 0.15) is 11.0 Å². The van der Waals surface area contributed by atoms with Gasteiger partial charge < -0.3 is 14.8 Å². The molecule has 3 rings (SSSR count). The molecular formula is C23H23ClF3N3O4S. The largest absolute Gasteiger partial charge is 0.495 e. The van der Waals surface area contributed by atoms with Crippen molar-refractivity contribution in [3.8, 4) is 5.75 Å². The van der Waals surface area contributed by atoms with Crippen molar-refractivity contribution in [2.75, 3.05) is 32.7 Å². The highest BCUT2D eigenvalue weighted by atomic mass is 35.5. The van der Waals surface area contributed by atoms with E-state index in [9.17, 15) is 22.8 Å². The SMILES string of the molecule is COCCN1C(=O)[C@@H](CC(=O)Nc2cc(C)c(Cl)cc2OC)SC1=Nc1ccccc1C(F)(F)F. The first kappa shape index (κ1) is 26.8. The van der Waals surface area contributed by atoms with Crippen molar-refractivity contribution in [1.29, 1.82) is 0 Å². The van der Waals surface area contributed by atoms with E-state index in [1.165, 1.54) is 37.3 Å². The molecule has 0 bridgehead atoms. The Morgan fingerprint density at radius 3 is 2.63 bits per heavy atom. The number of carbonyl (C=O) groups is 2. The maximum Gasteiger partial charge on any atom is 0.418 e. The lowest BCUT2D eigenvalue weighted by atomic mass is 10.2. The van der Waals surface area contributed by atoms with Crippen LogP contribution < -0.4 is 10.1 Å². The fourth-order valence-corrected chi connectivity index (χ4v) is 4.66. The summed E-state index contributed by atoms with van der Waals surface area (Å²) in [7, 11) is 2.87. The van der Waals surface area contributed by atoms with E-state index in [-0.39, 0.29) is 30.4 Å². The highest BCUT2D eigenvalue weighted by Crippen LogP contribution is 2.39. The van der Waals surface area contributed by atoms with Crippen LogP contribution in [0.3, 0.4) is 0 Å². The lowest BCUT2D eigenvalue weighted by Crippen LogP contribution is -2.35. The molecule has 1 fully saturated rings. The minimum Gasteiger partial charge on any atom is -0.495 e. The van der Waals surface area contributed by atoms with Gasteiger partial charge in [-0.3, -0.25) is 14.5 Å². The number of amides is 2. The molecule has 1 heterocycles. The Morgan fingerprint density at radius 2 is 1.97 bits per heavy atom. The van der Waals surface area contributed by atoms with E-state index in [2.05, 4.69) is 10.3 Å². The van der Waals surface area contributed by atoms with Crippen LogP contribution in [-0.2, 0) is 20.5 Å². The number of anilines is 1. The highest BCUT2D eigenvalue weighted by molar-refractivity contribution is 8.15. The standard InChI is InChI=1S/C23H23ClF3N3O4S/c1-13-10-17(18(34-3)11-15(13)24)28-20(31)12-19-21(32)30(8-9-33-2)22(35-19)29-16-7-5-4-6-14(16)23(25,26)27/h4-7,10-11,19H,8-9,12H2,1-3H3,(H,28,31)/t19-/m1/s1. The summed E-state index contributed by atoms with van der Waals surface area (Å²) >= 11 is 7.03. The molecule has 0 radical (unpaired) electrons.